The SMILES string of the molecule is COCC(=O)N1CCCc2ccc(NC(=O)C3CC=CCC3)cc21. The molecule has 0 aromatic heterocycles. The van der Waals surface area contributed by atoms with Gasteiger partial charge in [0, 0.05) is 30.9 Å². The Morgan fingerprint density at radius 2 is 2.21 bits per heavy atom. The Morgan fingerprint density at radius 1 is 1.33 bits per heavy atom. The van der Waals surface area contributed by atoms with Crippen LogP contribution in [0.2, 0.25) is 0 Å². The van der Waals surface area contributed by atoms with Crippen molar-refractivity contribution in [2.24, 2.45) is 5.92 Å². The maximum Gasteiger partial charge on any atom is 0.252 e. The number of ether oxygens (including phenoxy) is 1. The number of carbonyl (C=O) groups excluding carboxylic acids is 2. The molecule has 0 fully saturated rings. The predicted molar refractivity (Wildman–Crippen MR) is 94.1 cm³/mol. The molecule has 1 heterocycles. The van der Waals surface area contributed by atoms with Gasteiger partial charge in [0.2, 0.25) is 5.91 Å². The van der Waals surface area contributed by atoms with Crippen molar-refractivity contribution in [1.82, 2.24) is 0 Å². The molecule has 0 radical (unpaired) electrons. The maximum absolute atomic E-state index is 12.4. The number of aryl methyl sites for hydroxylation is 1. The number of nitrogens with one attached hydrogen (secondary N) is 1. The van der Waals surface area contributed by atoms with E-state index in [2.05, 4.69) is 17.5 Å². The van der Waals surface area contributed by atoms with Crippen molar-refractivity contribution in [3.8, 4) is 0 Å². The third kappa shape index (κ3) is 3.67. The highest BCUT2D eigenvalue weighted by Crippen LogP contribution is 2.31. The van der Waals surface area contributed by atoms with Gasteiger partial charge in [-0.05, 0) is 49.8 Å². The van der Waals surface area contributed by atoms with Crippen molar-refractivity contribution in [3.05, 3.63) is 35.9 Å². The van der Waals surface area contributed by atoms with Gasteiger partial charge in [-0.1, -0.05) is 18.2 Å². The Labute approximate surface area is 142 Å². The third-order valence-corrected chi connectivity index (χ3v) is 4.68. The summed E-state index contributed by atoms with van der Waals surface area (Å²) < 4.78 is 4.98. The third-order valence-electron chi connectivity index (χ3n) is 4.68. The van der Waals surface area contributed by atoms with Crippen molar-refractivity contribution < 1.29 is 14.3 Å². The fourth-order valence-corrected chi connectivity index (χ4v) is 3.39. The number of anilines is 2. The Balaban J connectivity index is 1.76. The van der Waals surface area contributed by atoms with Gasteiger partial charge in [0.1, 0.15) is 6.61 Å². The lowest BCUT2D eigenvalue weighted by Crippen LogP contribution is -2.37. The van der Waals surface area contributed by atoms with E-state index < -0.39 is 0 Å². The number of rotatable bonds is 4. The highest BCUT2D eigenvalue weighted by Gasteiger charge is 2.24. The van der Waals surface area contributed by atoms with Gasteiger partial charge in [0.25, 0.3) is 5.91 Å². The molecule has 2 amide bonds. The normalized spacial score (nSPS) is 19.7. The zero-order valence-electron chi connectivity index (χ0n) is 14.1. The molecule has 0 bridgehead atoms. The van der Waals surface area contributed by atoms with Crippen LogP contribution < -0.4 is 10.2 Å². The van der Waals surface area contributed by atoms with Crippen LogP contribution in [0.15, 0.2) is 30.4 Å². The van der Waals surface area contributed by atoms with Crippen LogP contribution in [0, 0.1) is 5.92 Å². The van der Waals surface area contributed by atoms with Gasteiger partial charge in [-0.25, -0.2) is 0 Å². The highest BCUT2D eigenvalue weighted by molar-refractivity contribution is 5.98. The summed E-state index contributed by atoms with van der Waals surface area (Å²) in [4.78, 5) is 26.4. The predicted octanol–water partition coefficient (Wildman–Crippen LogP) is 2.91. The van der Waals surface area contributed by atoms with Crippen LogP contribution in [0.1, 0.15) is 31.2 Å². The number of methoxy groups -OCH3 is 1. The maximum atomic E-state index is 12.4. The van der Waals surface area contributed by atoms with Crippen molar-refractivity contribution in [1.29, 1.82) is 0 Å². The molecule has 0 saturated heterocycles. The van der Waals surface area contributed by atoms with Gasteiger partial charge in [0.15, 0.2) is 0 Å². The van der Waals surface area contributed by atoms with E-state index in [0.29, 0.717) is 6.54 Å². The molecular formula is C19H24N2O3. The van der Waals surface area contributed by atoms with Crippen LogP contribution in [0.5, 0.6) is 0 Å². The lowest BCUT2D eigenvalue weighted by molar-refractivity contribution is -0.122. The standard InChI is InChI=1S/C19H24N2O3/c1-24-13-18(22)21-11-5-8-14-9-10-16(12-17(14)21)20-19(23)15-6-3-2-4-7-15/h2-3,9-10,12,15H,4-8,11,13H2,1H3,(H,20,23). The first kappa shape index (κ1) is 16.7. The summed E-state index contributed by atoms with van der Waals surface area (Å²) in [6.07, 6.45) is 8.76. The van der Waals surface area contributed by atoms with Crippen LogP contribution in [0.4, 0.5) is 11.4 Å². The minimum atomic E-state index is -0.0423. The molecule has 24 heavy (non-hydrogen) atoms. The molecule has 0 spiro atoms. The molecule has 5 nitrogen and oxygen atoms in total. The number of carbonyl (C=O) groups is 2. The molecule has 128 valence electrons. The van der Waals surface area contributed by atoms with Crippen molar-refractivity contribution in [2.75, 3.05) is 30.5 Å². The van der Waals surface area contributed by atoms with Crippen LogP contribution in [-0.4, -0.2) is 32.1 Å². The summed E-state index contributed by atoms with van der Waals surface area (Å²) >= 11 is 0. The van der Waals surface area contributed by atoms with E-state index in [1.165, 1.54) is 7.11 Å². The quantitative estimate of drug-likeness (QED) is 0.865. The van der Waals surface area contributed by atoms with Crippen molar-refractivity contribution in [2.45, 2.75) is 32.1 Å². The molecule has 1 N–H and O–H groups in total. The molecule has 1 aliphatic carbocycles. The van der Waals surface area contributed by atoms with E-state index in [1.807, 2.05) is 18.2 Å². The lowest BCUT2D eigenvalue weighted by atomic mass is 9.93. The minimum absolute atomic E-state index is 0.0391. The lowest BCUT2D eigenvalue weighted by Gasteiger charge is -2.30. The van der Waals surface area contributed by atoms with E-state index >= 15 is 0 Å². The van der Waals surface area contributed by atoms with Gasteiger partial charge >= 0.3 is 0 Å². The van der Waals surface area contributed by atoms with Gasteiger partial charge in [0.05, 0.1) is 0 Å². The smallest absolute Gasteiger partial charge is 0.252 e. The van der Waals surface area contributed by atoms with E-state index in [0.717, 1.165) is 49.0 Å². The Morgan fingerprint density at radius 3 is 2.96 bits per heavy atom. The molecule has 1 aliphatic heterocycles. The first-order valence-electron chi connectivity index (χ1n) is 8.57. The van der Waals surface area contributed by atoms with Gasteiger partial charge in [-0.2, -0.15) is 0 Å². The molecule has 1 aromatic carbocycles. The Kier molecular flexibility index (Phi) is 5.30. The molecule has 0 saturated carbocycles. The van der Waals surface area contributed by atoms with E-state index in [-0.39, 0.29) is 24.3 Å². The largest absolute Gasteiger partial charge is 0.375 e. The van der Waals surface area contributed by atoms with E-state index in [9.17, 15) is 9.59 Å². The number of hydrogen-bond donors (Lipinski definition) is 1. The second-order valence-electron chi connectivity index (χ2n) is 6.40. The number of fused-ring (bicyclic) bond motifs is 1. The van der Waals surface area contributed by atoms with E-state index in [4.69, 9.17) is 4.74 Å². The van der Waals surface area contributed by atoms with Crippen LogP contribution in [0.25, 0.3) is 0 Å². The Hall–Kier alpha value is -2.14. The van der Waals surface area contributed by atoms with E-state index in [1.54, 1.807) is 4.90 Å². The van der Waals surface area contributed by atoms with Crippen molar-refractivity contribution in [3.63, 3.8) is 0 Å². The summed E-state index contributed by atoms with van der Waals surface area (Å²) in [5.74, 6) is 0.0569. The van der Waals surface area contributed by atoms with Crippen LogP contribution >= 0.6 is 0 Å². The van der Waals surface area contributed by atoms with Gasteiger partial charge in [-0.3, -0.25) is 9.59 Å². The van der Waals surface area contributed by atoms with Crippen LogP contribution in [0.3, 0.4) is 0 Å². The van der Waals surface area contributed by atoms with Gasteiger partial charge < -0.3 is 15.0 Å². The molecule has 1 atom stereocenters. The second kappa shape index (κ2) is 7.62. The monoisotopic (exact) mass is 328 g/mol. The van der Waals surface area contributed by atoms with Crippen molar-refractivity contribution >= 4 is 23.2 Å². The fraction of sp³-hybridized carbons (Fsp3) is 0.474. The number of benzene rings is 1. The molecular weight excluding hydrogens is 304 g/mol. The molecule has 3 rings (SSSR count). The van der Waals surface area contributed by atoms with Gasteiger partial charge in [-0.15, -0.1) is 0 Å². The number of allylic oxidation sites excluding steroid dienone is 2. The second-order valence-corrected chi connectivity index (χ2v) is 6.40. The molecule has 1 unspecified atom stereocenters. The first-order valence-corrected chi connectivity index (χ1v) is 8.57. The zero-order chi connectivity index (χ0) is 16.9. The molecule has 1 aromatic rings. The average molecular weight is 328 g/mol. The number of amides is 2. The first-order chi connectivity index (χ1) is 11.7. The van der Waals surface area contributed by atoms with Crippen LogP contribution in [-0.2, 0) is 20.7 Å². The fourth-order valence-electron chi connectivity index (χ4n) is 3.39. The highest BCUT2D eigenvalue weighted by atomic mass is 16.5. The summed E-state index contributed by atoms with van der Waals surface area (Å²) in [6, 6.07) is 5.86. The summed E-state index contributed by atoms with van der Waals surface area (Å²) in [5.41, 5.74) is 2.79. The average Bonchev–Trinajstić information content (AvgIpc) is 2.62. The molecule has 5 heteroatoms. The molecule has 2 aliphatic rings. The summed E-state index contributed by atoms with van der Waals surface area (Å²) in [6.45, 7) is 0.768. The zero-order valence-corrected chi connectivity index (χ0v) is 14.1. The topological polar surface area (TPSA) is 58.6 Å². The Bertz CT molecular complexity index is 654. The number of hydrogen-bond acceptors (Lipinski definition) is 3. The number of nitrogens with zero attached hydrogens (tertiary/aromatic N) is 1. The summed E-state index contributed by atoms with van der Waals surface area (Å²) in [7, 11) is 1.53. The summed E-state index contributed by atoms with van der Waals surface area (Å²) in [5, 5.41) is 3.01. The minimum Gasteiger partial charge on any atom is -0.375 e.